The van der Waals surface area contributed by atoms with E-state index in [9.17, 15) is 9.18 Å². The number of benzene rings is 2. The molecule has 1 aromatic heterocycles. The molecule has 1 heterocycles. The zero-order valence-corrected chi connectivity index (χ0v) is 11.8. The molecule has 0 atom stereocenters. The lowest BCUT2D eigenvalue weighted by Gasteiger charge is -2.04. The van der Waals surface area contributed by atoms with Crippen LogP contribution in [-0.2, 0) is 4.79 Å². The highest BCUT2D eigenvalue weighted by Crippen LogP contribution is 2.17. The molecule has 110 valence electrons. The van der Waals surface area contributed by atoms with E-state index in [-0.39, 0.29) is 5.69 Å². The van der Waals surface area contributed by atoms with Crippen LogP contribution in [0.3, 0.4) is 0 Å². The van der Waals surface area contributed by atoms with Crippen LogP contribution in [0.2, 0.25) is 0 Å². The molecule has 2 aromatic carbocycles. The van der Waals surface area contributed by atoms with E-state index in [1.54, 1.807) is 18.2 Å². The number of hydrogen-bond donors (Lipinski definition) is 1. The summed E-state index contributed by atoms with van der Waals surface area (Å²) in [6, 6.07) is 11.8. The summed E-state index contributed by atoms with van der Waals surface area (Å²) in [6.07, 6.45) is 2.70. The van der Waals surface area contributed by atoms with Crippen LogP contribution in [0.5, 0.6) is 0 Å². The molecule has 0 aliphatic heterocycles. The number of aromatic nitrogens is 1. The molecule has 0 saturated heterocycles. The highest BCUT2D eigenvalue weighted by atomic mass is 19.1. The van der Waals surface area contributed by atoms with E-state index in [2.05, 4.69) is 10.3 Å². The van der Waals surface area contributed by atoms with Crippen molar-refractivity contribution in [3.63, 3.8) is 0 Å². The Morgan fingerprint density at radius 2 is 2.09 bits per heavy atom. The third-order valence-corrected chi connectivity index (χ3v) is 3.07. The molecule has 0 aliphatic carbocycles. The molecule has 0 spiro atoms. The smallest absolute Gasteiger partial charge is 0.248 e. The lowest BCUT2D eigenvalue weighted by molar-refractivity contribution is -0.111. The molecule has 0 radical (unpaired) electrons. The minimum atomic E-state index is -0.478. The van der Waals surface area contributed by atoms with Gasteiger partial charge in [-0.2, -0.15) is 0 Å². The third-order valence-electron chi connectivity index (χ3n) is 3.07. The highest BCUT2D eigenvalue weighted by Gasteiger charge is 2.06. The summed E-state index contributed by atoms with van der Waals surface area (Å²) in [5, 5.41) is 2.48. The lowest BCUT2D eigenvalue weighted by Crippen LogP contribution is -2.09. The number of fused-ring (bicyclic) bond motifs is 1. The maximum Gasteiger partial charge on any atom is 0.248 e. The number of rotatable bonds is 3. The Kier molecular flexibility index (Phi) is 3.70. The van der Waals surface area contributed by atoms with Crippen molar-refractivity contribution in [2.75, 3.05) is 5.32 Å². The van der Waals surface area contributed by atoms with Crippen LogP contribution >= 0.6 is 0 Å². The van der Waals surface area contributed by atoms with E-state index >= 15 is 0 Å². The first-order valence-electron chi connectivity index (χ1n) is 6.72. The van der Waals surface area contributed by atoms with Crippen molar-refractivity contribution in [2.45, 2.75) is 6.92 Å². The van der Waals surface area contributed by atoms with Gasteiger partial charge < -0.3 is 9.73 Å². The molecular formula is C17H13FN2O2. The number of hydrogen-bond acceptors (Lipinski definition) is 3. The highest BCUT2D eigenvalue weighted by molar-refractivity contribution is 6.01. The molecule has 4 nitrogen and oxygen atoms in total. The Balaban J connectivity index is 1.74. The molecule has 0 bridgehead atoms. The van der Waals surface area contributed by atoms with Crippen LogP contribution in [0.15, 0.2) is 53.0 Å². The fraction of sp³-hybridized carbons (Fsp3) is 0.0588. The molecular weight excluding hydrogens is 283 g/mol. The van der Waals surface area contributed by atoms with Crippen LogP contribution in [0, 0.1) is 12.7 Å². The molecule has 3 rings (SSSR count). The van der Waals surface area contributed by atoms with Crippen LogP contribution in [0.25, 0.3) is 17.2 Å². The number of aryl methyl sites for hydroxylation is 1. The zero-order valence-electron chi connectivity index (χ0n) is 11.8. The molecule has 3 aromatic rings. The van der Waals surface area contributed by atoms with Gasteiger partial charge in [0.15, 0.2) is 5.58 Å². The second-order valence-corrected chi connectivity index (χ2v) is 4.83. The van der Waals surface area contributed by atoms with Crippen molar-refractivity contribution >= 4 is 28.8 Å². The van der Waals surface area contributed by atoms with E-state index in [0.717, 1.165) is 5.56 Å². The number of anilines is 1. The van der Waals surface area contributed by atoms with Crippen molar-refractivity contribution in [1.29, 1.82) is 0 Å². The second kappa shape index (κ2) is 5.81. The predicted octanol–water partition coefficient (Wildman–Crippen LogP) is 3.93. The molecule has 0 fully saturated rings. The van der Waals surface area contributed by atoms with E-state index in [1.807, 2.05) is 25.1 Å². The molecule has 0 aliphatic rings. The van der Waals surface area contributed by atoms with Gasteiger partial charge in [-0.05, 0) is 36.8 Å². The van der Waals surface area contributed by atoms with E-state index in [1.165, 1.54) is 18.2 Å². The maximum absolute atomic E-state index is 13.6. The minimum Gasteiger partial charge on any atom is -0.437 e. The zero-order chi connectivity index (χ0) is 15.5. The average Bonchev–Trinajstić information content (AvgIpc) is 2.92. The number of halogens is 1. The summed E-state index contributed by atoms with van der Waals surface area (Å²) in [7, 11) is 0. The number of nitrogens with one attached hydrogen (secondary N) is 1. The van der Waals surface area contributed by atoms with E-state index in [0.29, 0.717) is 17.0 Å². The Hall–Kier alpha value is -2.95. The van der Waals surface area contributed by atoms with Crippen molar-refractivity contribution in [2.24, 2.45) is 0 Å². The van der Waals surface area contributed by atoms with Gasteiger partial charge in [0.05, 0.1) is 5.69 Å². The van der Waals surface area contributed by atoms with Crippen molar-refractivity contribution in [3.8, 4) is 0 Å². The van der Waals surface area contributed by atoms with E-state index in [4.69, 9.17) is 4.42 Å². The monoisotopic (exact) mass is 296 g/mol. The summed E-state index contributed by atoms with van der Waals surface area (Å²) in [5.41, 5.74) is 2.37. The Labute approximate surface area is 126 Å². The number of oxazole rings is 1. The fourth-order valence-electron chi connectivity index (χ4n) is 2.02. The van der Waals surface area contributed by atoms with Gasteiger partial charge >= 0.3 is 0 Å². The Morgan fingerprint density at radius 1 is 1.27 bits per heavy atom. The van der Waals surface area contributed by atoms with Crippen LogP contribution in [-0.4, -0.2) is 10.9 Å². The fourth-order valence-corrected chi connectivity index (χ4v) is 2.02. The van der Waals surface area contributed by atoms with Gasteiger partial charge in [0, 0.05) is 12.2 Å². The van der Waals surface area contributed by atoms with Crippen molar-refractivity contribution in [1.82, 2.24) is 4.98 Å². The second-order valence-electron chi connectivity index (χ2n) is 4.83. The summed E-state index contributed by atoms with van der Waals surface area (Å²) in [6.45, 7) is 1.82. The van der Waals surface area contributed by atoms with Crippen molar-refractivity contribution in [3.05, 3.63) is 65.8 Å². The molecule has 1 N–H and O–H groups in total. The number of nitrogens with zero attached hydrogens (tertiary/aromatic N) is 1. The average molecular weight is 296 g/mol. The molecule has 0 unspecified atom stereocenters. The molecule has 0 saturated carbocycles. The van der Waals surface area contributed by atoms with Gasteiger partial charge in [-0.25, -0.2) is 9.37 Å². The lowest BCUT2D eigenvalue weighted by atomic mass is 10.2. The summed E-state index contributed by atoms with van der Waals surface area (Å²) in [5.74, 6) is -0.609. The van der Waals surface area contributed by atoms with Gasteiger partial charge in [-0.1, -0.05) is 18.2 Å². The Morgan fingerprint density at radius 3 is 2.91 bits per heavy atom. The number of para-hydroxylation sites is 2. The summed E-state index contributed by atoms with van der Waals surface area (Å²) in [4.78, 5) is 16.0. The summed E-state index contributed by atoms with van der Waals surface area (Å²) >= 11 is 0. The number of carbonyl (C=O) groups is 1. The topological polar surface area (TPSA) is 55.1 Å². The number of amides is 1. The first-order valence-corrected chi connectivity index (χ1v) is 6.72. The normalized spacial score (nSPS) is 11.2. The standard InChI is InChI=1S/C17H13FN2O2/c1-11-6-7-12(18)14(10-11)19-16(21)8-9-17-20-13-4-2-3-5-15(13)22-17/h2-10H,1H3,(H,19,21)/b9-8+. The largest absolute Gasteiger partial charge is 0.437 e. The van der Waals surface area contributed by atoms with Crippen LogP contribution < -0.4 is 5.32 Å². The first-order chi connectivity index (χ1) is 10.6. The van der Waals surface area contributed by atoms with Gasteiger partial charge in [0.25, 0.3) is 0 Å². The number of carbonyl (C=O) groups excluding carboxylic acids is 1. The molecule has 22 heavy (non-hydrogen) atoms. The molecule has 5 heteroatoms. The minimum absolute atomic E-state index is 0.146. The van der Waals surface area contributed by atoms with Crippen molar-refractivity contribution < 1.29 is 13.6 Å². The first kappa shape index (κ1) is 14.0. The van der Waals surface area contributed by atoms with Gasteiger partial charge in [-0.15, -0.1) is 0 Å². The van der Waals surface area contributed by atoms with Gasteiger partial charge in [0.1, 0.15) is 11.3 Å². The van der Waals surface area contributed by atoms with E-state index < -0.39 is 11.7 Å². The van der Waals surface area contributed by atoms with Crippen LogP contribution in [0.4, 0.5) is 10.1 Å². The van der Waals surface area contributed by atoms with Gasteiger partial charge in [0.2, 0.25) is 11.8 Å². The SMILES string of the molecule is Cc1ccc(F)c(NC(=O)/C=C/c2nc3ccccc3o2)c1. The maximum atomic E-state index is 13.6. The molecule has 1 amide bonds. The summed E-state index contributed by atoms with van der Waals surface area (Å²) < 4.78 is 19.0. The van der Waals surface area contributed by atoms with Crippen LogP contribution in [0.1, 0.15) is 11.5 Å². The van der Waals surface area contributed by atoms with Gasteiger partial charge in [-0.3, -0.25) is 4.79 Å². The third kappa shape index (κ3) is 3.03. The Bertz CT molecular complexity index is 835. The quantitative estimate of drug-likeness (QED) is 0.745. The predicted molar refractivity (Wildman–Crippen MR) is 82.8 cm³/mol.